The summed E-state index contributed by atoms with van der Waals surface area (Å²) in [5, 5.41) is 10.5. The van der Waals surface area contributed by atoms with Crippen LogP contribution in [0.5, 0.6) is 0 Å². The SMILES string of the molecule is CC1C[C@H](C)CC([C@H](O)CC2CC(=O)N(CC(N)=O)C(=O)C2)C1=O. The van der Waals surface area contributed by atoms with Gasteiger partial charge in [-0.3, -0.25) is 24.1 Å². The van der Waals surface area contributed by atoms with Gasteiger partial charge >= 0.3 is 0 Å². The lowest BCUT2D eigenvalue weighted by Gasteiger charge is -2.35. The van der Waals surface area contributed by atoms with E-state index in [0.717, 1.165) is 11.3 Å². The molecule has 2 unspecified atom stereocenters. The van der Waals surface area contributed by atoms with Gasteiger partial charge in [0.25, 0.3) is 0 Å². The van der Waals surface area contributed by atoms with Crippen molar-refractivity contribution in [2.45, 2.75) is 52.1 Å². The van der Waals surface area contributed by atoms with Crippen molar-refractivity contribution in [3.63, 3.8) is 0 Å². The highest BCUT2D eigenvalue weighted by Gasteiger charge is 2.39. The zero-order chi connectivity index (χ0) is 18.0. The van der Waals surface area contributed by atoms with Crippen molar-refractivity contribution in [3.8, 4) is 0 Å². The van der Waals surface area contributed by atoms with E-state index in [1.165, 1.54) is 0 Å². The maximum Gasteiger partial charge on any atom is 0.237 e. The highest BCUT2D eigenvalue weighted by Crippen LogP contribution is 2.35. The average Bonchev–Trinajstić information content (AvgIpc) is 2.46. The topological polar surface area (TPSA) is 118 Å². The van der Waals surface area contributed by atoms with Crippen molar-refractivity contribution in [1.29, 1.82) is 0 Å². The molecule has 0 radical (unpaired) electrons. The summed E-state index contributed by atoms with van der Waals surface area (Å²) in [5.41, 5.74) is 5.04. The van der Waals surface area contributed by atoms with E-state index in [-0.39, 0.29) is 36.9 Å². The number of piperidine rings is 1. The van der Waals surface area contributed by atoms with Crippen LogP contribution >= 0.6 is 0 Å². The fourth-order valence-corrected chi connectivity index (χ4v) is 4.01. The Bertz CT molecular complexity index is 529. The monoisotopic (exact) mass is 338 g/mol. The molecular formula is C17H26N2O5. The number of carbonyl (C=O) groups excluding carboxylic acids is 4. The molecule has 3 N–H and O–H groups in total. The summed E-state index contributed by atoms with van der Waals surface area (Å²) in [4.78, 5) is 48.2. The summed E-state index contributed by atoms with van der Waals surface area (Å²) < 4.78 is 0. The molecule has 0 bridgehead atoms. The molecule has 1 aliphatic heterocycles. The van der Waals surface area contributed by atoms with Crippen LogP contribution in [0.4, 0.5) is 0 Å². The Morgan fingerprint density at radius 3 is 2.33 bits per heavy atom. The van der Waals surface area contributed by atoms with E-state index in [0.29, 0.717) is 12.3 Å². The van der Waals surface area contributed by atoms with Crippen LogP contribution in [-0.2, 0) is 19.2 Å². The molecule has 2 fully saturated rings. The predicted molar refractivity (Wildman–Crippen MR) is 85.3 cm³/mol. The van der Waals surface area contributed by atoms with Crippen LogP contribution in [0.3, 0.4) is 0 Å². The van der Waals surface area contributed by atoms with E-state index >= 15 is 0 Å². The van der Waals surface area contributed by atoms with E-state index in [1.54, 1.807) is 0 Å². The third kappa shape index (κ3) is 4.20. The summed E-state index contributed by atoms with van der Waals surface area (Å²) in [6.07, 6.45) is 1.06. The number of carbonyl (C=O) groups is 4. The molecule has 134 valence electrons. The first-order chi connectivity index (χ1) is 11.2. The number of imide groups is 1. The molecule has 1 heterocycles. The largest absolute Gasteiger partial charge is 0.392 e. The Morgan fingerprint density at radius 2 is 1.79 bits per heavy atom. The first kappa shape index (κ1) is 18.6. The van der Waals surface area contributed by atoms with Crippen molar-refractivity contribution >= 4 is 23.5 Å². The molecule has 0 aromatic heterocycles. The number of Topliss-reactive ketones (excluding diaryl/α,β-unsaturated/α-hetero) is 1. The minimum atomic E-state index is -0.837. The summed E-state index contributed by atoms with van der Waals surface area (Å²) in [6.45, 7) is 3.55. The number of hydrogen-bond acceptors (Lipinski definition) is 5. The molecule has 7 nitrogen and oxygen atoms in total. The predicted octanol–water partition coefficient (Wildman–Crippen LogP) is 0.239. The second-order valence-electron chi connectivity index (χ2n) is 7.40. The first-order valence-electron chi connectivity index (χ1n) is 8.52. The number of ketones is 1. The van der Waals surface area contributed by atoms with E-state index in [9.17, 15) is 24.3 Å². The van der Waals surface area contributed by atoms with Crippen LogP contribution in [0.1, 0.15) is 46.0 Å². The lowest BCUT2D eigenvalue weighted by atomic mass is 9.71. The van der Waals surface area contributed by atoms with Crippen LogP contribution in [0.2, 0.25) is 0 Å². The summed E-state index contributed by atoms with van der Waals surface area (Å²) in [7, 11) is 0. The molecule has 2 aliphatic rings. The lowest BCUT2D eigenvalue weighted by Crippen LogP contribution is -2.48. The van der Waals surface area contributed by atoms with Crippen molar-refractivity contribution in [3.05, 3.63) is 0 Å². The van der Waals surface area contributed by atoms with Crippen LogP contribution in [0.15, 0.2) is 0 Å². The van der Waals surface area contributed by atoms with Gasteiger partial charge in [-0.2, -0.15) is 0 Å². The summed E-state index contributed by atoms with van der Waals surface area (Å²) in [6, 6.07) is 0. The molecular weight excluding hydrogens is 312 g/mol. The van der Waals surface area contributed by atoms with Gasteiger partial charge in [-0.1, -0.05) is 13.8 Å². The van der Waals surface area contributed by atoms with Gasteiger partial charge in [0, 0.05) is 24.7 Å². The molecule has 0 aromatic carbocycles. The molecule has 1 saturated carbocycles. The van der Waals surface area contributed by atoms with Gasteiger partial charge in [-0.15, -0.1) is 0 Å². The normalized spacial score (nSPS) is 30.5. The van der Waals surface area contributed by atoms with Gasteiger partial charge in [0.05, 0.1) is 6.10 Å². The molecule has 0 spiro atoms. The zero-order valence-corrected chi connectivity index (χ0v) is 14.2. The molecule has 1 saturated heterocycles. The van der Waals surface area contributed by atoms with Gasteiger partial charge in [0.15, 0.2) is 0 Å². The molecule has 0 aromatic rings. The number of aliphatic hydroxyl groups excluding tert-OH is 1. The Morgan fingerprint density at radius 1 is 1.21 bits per heavy atom. The number of nitrogens with two attached hydrogens (primary N) is 1. The highest BCUT2D eigenvalue weighted by atomic mass is 16.3. The number of amides is 3. The number of rotatable bonds is 5. The maximum absolute atomic E-state index is 12.3. The molecule has 4 atom stereocenters. The maximum atomic E-state index is 12.3. The summed E-state index contributed by atoms with van der Waals surface area (Å²) in [5.74, 6) is -1.96. The van der Waals surface area contributed by atoms with E-state index < -0.39 is 36.3 Å². The van der Waals surface area contributed by atoms with Crippen LogP contribution in [0.25, 0.3) is 0 Å². The Kier molecular flexibility index (Phi) is 5.74. The average molecular weight is 338 g/mol. The van der Waals surface area contributed by atoms with Gasteiger partial charge < -0.3 is 10.8 Å². The van der Waals surface area contributed by atoms with Crippen LogP contribution in [0, 0.1) is 23.7 Å². The number of primary amides is 1. The van der Waals surface area contributed by atoms with Gasteiger partial charge in [-0.25, -0.2) is 0 Å². The van der Waals surface area contributed by atoms with Crippen LogP contribution in [-0.4, -0.2) is 46.2 Å². The number of aliphatic hydroxyl groups is 1. The second kappa shape index (κ2) is 7.42. The molecule has 24 heavy (non-hydrogen) atoms. The van der Waals surface area contributed by atoms with Gasteiger partial charge in [-0.05, 0) is 31.1 Å². The number of nitrogens with zero attached hydrogens (tertiary/aromatic N) is 1. The fourth-order valence-electron chi connectivity index (χ4n) is 4.01. The fraction of sp³-hybridized carbons (Fsp3) is 0.765. The van der Waals surface area contributed by atoms with Crippen molar-refractivity contribution < 1.29 is 24.3 Å². The number of likely N-dealkylation sites (tertiary alicyclic amines) is 1. The molecule has 1 aliphatic carbocycles. The Labute approximate surface area is 141 Å². The third-order valence-corrected chi connectivity index (χ3v) is 5.15. The van der Waals surface area contributed by atoms with E-state index in [4.69, 9.17) is 5.73 Å². The minimum Gasteiger partial charge on any atom is -0.392 e. The van der Waals surface area contributed by atoms with E-state index in [2.05, 4.69) is 6.92 Å². The van der Waals surface area contributed by atoms with Crippen molar-refractivity contribution in [1.82, 2.24) is 4.90 Å². The van der Waals surface area contributed by atoms with Gasteiger partial charge in [0.1, 0.15) is 12.3 Å². The van der Waals surface area contributed by atoms with Crippen molar-refractivity contribution in [2.24, 2.45) is 29.4 Å². The highest BCUT2D eigenvalue weighted by molar-refractivity contribution is 6.00. The molecule has 3 amide bonds. The van der Waals surface area contributed by atoms with Crippen molar-refractivity contribution in [2.75, 3.05) is 6.54 Å². The van der Waals surface area contributed by atoms with E-state index in [1.807, 2.05) is 6.92 Å². The third-order valence-electron chi connectivity index (χ3n) is 5.15. The standard InChI is InChI=1S/C17H26N2O5/c1-9-3-10(2)17(24)12(4-9)13(20)5-11-6-15(22)19(8-14(18)21)16(23)7-11/h9-13,20H,3-8H2,1-2H3,(H2,18,21)/t9-,10?,12?,13+/m0/s1. The first-order valence-corrected chi connectivity index (χ1v) is 8.52. The second-order valence-corrected chi connectivity index (χ2v) is 7.40. The minimum absolute atomic E-state index is 0.0610. The summed E-state index contributed by atoms with van der Waals surface area (Å²) >= 11 is 0. The Balaban J connectivity index is 1.96. The quantitative estimate of drug-likeness (QED) is 0.696. The van der Waals surface area contributed by atoms with Gasteiger partial charge in [0.2, 0.25) is 17.7 Å². The zero-order valence-electron chi connectivity index (χ0n) is 14.2. The smallest absolute Gasteiger partial charge is 0.237 e. The number of hydrogen-bond donors (Lipinski definition) is 2. The molecule has 7 heteroatoms. The van der Waals surface area contributed by atoms with Crippen LogP contribution < -0.4 is 5.73 Å². The lowest BCUT2D eigenvalue weighted by molar-refractivity contribution is -0.152. The molecule has 2 rings (SSSR count). The Hall–Kier alpha value is -1.76.